The van der Waals surface area contributed by atoms with E-state index >= 15 is 0 Å². The molecule has 186 valence electrons. The lowest BCUT2D eigenvalue weighted by molar-refractivity contribution is -0.117. The van der Waals surface area contributed by atoms with Crippen molar-refractivity contribution in [3.63, 3.8) is 0 Å². The van der Waals surface area contributed by atoms with E-state index in [9.17, 15) is 9.59 Å². The summed E-state index contributed by atoms with van der Waals surface area (Å²) in [6.45, 7) is 0. The minimum Gasteiger partial charge on any atom is -0.378 e. The number of rotatable bonds is 7. The van der Waals surface area contributed by atoms with Gasteiger partial charge in [-0.1, -0.05) is 72.8 Å². The third-order valence-electron chi connectivity index (χ3n) is 6.48. The number of nitrogens with one attached hydrogen (secondary N) is 1. The van der Waals surface area contributed by atoms with Crippen LogP contribution in [-0.4, -0.2) is 31.7 Å². The van der Waals surface area contributed by atoms with Crippen molar-refractivity contribution in [2.24, 2.45) is 0 Å². The molecule has 0 aromatic heterocycles. The van der Waals surface area contributed by atoms with Crippen LogP contribution in [0.25, 0.3) is 0 Å². The maximum Gasteiger partial charge on any atom is 0.238 e. The molecule has 0 spiro atoms. The Morgan fingerprint density at radius 1 is 0.865 bits per heavy atom. The highest BCUT2D eigenvalue weighted by molar-refractivity contribution is 8.00. The van der Waals surface area contributed by atoms with Crippen molar-refractivity contribution in [2.75, 3.05) is 35.0 Å². The first kappa shape index (κ1) is 24.7. The molecule has 2 amide bonds. The van der Waals surface area contributed by atoms with Gasteiger partial charge in [0, 0.05) is 31.2 Å². The van der Waals surface area contributed by atoms with Crippen molar-refractivity contribution in [1.82, 2.24) is 0 Å². The Balaban J connectivity index is 1.40. The molecule has 0 unspecified atom stereocenters. The van der Waals surface area contributed by atoms with Gasteiger partial charge < -0.3 is 10.2 Å². The molecule has 0 radical (unpaired) electrons. The van der Waals surface area contributed by atoms with Gasteiger partial charge in [-0.05, 0) is 53.1 Å². The molecule has 1 saturated heterocycles. The fraction of sp³-hybridized carbons (Fsp3) is 0.161. The van der Waals surface area contributed by atoms with Crippen LogP contribution in [-0.2, 0) is 9.59 Å². The summed E-state index contributed by atoms with van der Waals surface area (Å²) >= 11 is 1.60. The molecule has 4 aromatic rings. The number of thioether (sulfide) groups is 1. The molecule has 37 heavy (non-hydrogen) atoms. The normalized spacial score (nSPS) is 15.2. The van der Waals surface area contributed by atoms with E-state index in [4.69, 9.17) is 0 Å². The average Bonchev–Trinajstić information content (AvgIpc) is 3.31. The molecule has 0 bridgehead atoms. The van der Waals surface area contributed by atoms with Gasteiger partial charge in [0.1, 0.15) is 5.37 Å². The van der Waals surface area contributed by atoms with Crippen LogP contribution in [0.15, 0.2) is 109 Å². The fourth-order valence-electron chi connectivity index (χ4n) is 4.63. The lowest BCUT2D eigenvalue weighted by Gasteiger charge is -2.25. The minimum atomic E-state index is -0.430. The van der Waals surface area contributed by atoms with Gasteiger partial charge in [0.25, 0.3) is 0 Å². The van der Waals surface area contributed by atoms with Gasteiger partial charge in [-0.3, -0.25) is 14.5 Å². The highest BCUT2D eigenvalue weighted by Gasteiger charge is 2.34. The zero-order valence-electron chi connectivity index (χ0n) is 20.9. The van der Waals surface area contributed by atoms with E-state index in [1.54, 1.807) is 11.8 Å². The molecule has 5 nitrogen and oxygen atoms in total. The van der Waals surface area contributed by atoms with Crippen LogP contribution in [0.5, 0.6) is 0 Å². The first-order chi connectivity index (χ1) is 18.0. The Hall–Kier alpha value is -4.03. The summed E-state index contributed by atoms with van der Waals surface area (Å²) in [5.41, 5.74) is 5.51. The second-order valence-corrected chi connectivity index (χ2v) is 10.3. The van der Waals surface area contributed by atoms with Crippen LogP contribution in [0.4, 0.5) is 17.1 Å². The van der Waals surface area contributed by atoms with E-state index in [-0.39, 0.29) is 17.2 Å². The Bertz CT molecular complexity index is 1340. The first-order valence-electron chi connectivity index (χ1n) is 12.2. The van der Waals surface area contributed by atoms with Crippen molar-refractivity contribution < 1.29 is 9.59 Å². The Labute approximate surface area is 222 Å². The molecular formula is C31H29N3O2S. The van der Waals surface area contributed by atoms with Crippen LogP contribution in [0, 0.1) is 0 Å². The number of nitrogens with zero attached hydrogens (tertiary/aromatic N) is 2. The number of anilines is 3. The van der Waals surface area contributed by atoms with Gasteiger partial charge in [-0.2, -0.15) is 0 Å². The lowest BCUT2D eigenvalue weighted by Crippen LogP contribution is -2.28. The Morgan fingerprint density at radius 3 is 2.08 bits per heavy atom. The van der Waals surface area contributed by atoms with Gasteiger partial charge >= 0.3 is 0 Å². The maximum atomic E-state index is 13.6. The van der Waals surface area contributed by atoms with Crippen molar-refractivity contribution in [3.8, 4) is 0 Å². The van der Waals surface area contributed by atoms with Crippen molar-refractivity contribution in [3.05, 3.63) is 126 Å². The molecule has 1 fully saturated rings. The average molecular weight is 508 g/mol. The standard InChI is InChI=1S/C31H29N3O2S/c1-33(2)26-16-18-27(19-17-26)34-28(35)21-37-31(34)24-14-9-15-25(20-24)32-30(36)29(22-10-5-3-6-11-22)23-12-7-4-8-13-23/h3-20,29,31H,21H2,1-2H3,(H,32,36)/t31-/m1/s1. The minimum absolute atomic E-state index is 0.0789. The van der Waals surface area contributed by atoms with E-state index in [1.807, 2.05) is 133 Å². The SMILES string of the molecule is CN(C)c1ccc(N2C(=O)CS[C@@H]2c2cccc(NC(=O)C(c3ccccc3)c3ccccc3)c2)cc1. The zero-order chi connectivity index (χ0) is 25.8. The highest BCUT2D eigenvalue weighted by Crippen LogP contribution is 2.42. The third-order valence-corrected chi connectivity index (χ3v) is 7.69. The lowest BCUT2D eigenvalue weighted by atomic mass is 9.90. The van der Waals surface area contributed by atoms with Gasteiger partial charge in [0.2, 0.25) is 11.8 Å². The molecule has 1 aliphatic rings. The molecule has 6 heteroatoms. The smallest absolute Gasteiger partial charge is 0.238 e. The van der Waals surface area contributed by atoms with E-state index < -0.39 is 5.92 Å². The Morgan fingerprint density at radius 2 is 1.49 bits per heavy atom. The quantitative estimate of drug-likeness (QED) is 0.319. The third kappa shape index (κ3) is 5.39. The summed E-state index contributed by atoms with van der Waals surface area (Å²) in [6.07, 6.45) is 0. The molecule has 1 atom stereocenters. The second-order valence-electron chi connectivity index (χ2n) is 9.21. The molecule has 1 N–H and O–H groups in total. The van der Waals surface area contributed by atoms with Crippen LogP contribution < -0.4 is 15.1 Å². The van der Waals surface area contributed by atoms with E-state index in [1.165, 1.54) is 0 Å². The first-order valence-corrected chi connectivity index (χ1v) is 13.3. The largest absolute Gasteiger partial charge is 0.378 e. The highest BCUT2D eigenvalue weighted by atomic mass is 32.2. The van der Waals surface area contributed by atoms with E-state index in [0.29, 0.717) is 11.4 Å². The monoisotopic (exact) mass is 507 g/mol. The van der Waals surface area contributed by atoms with Gasteiger partial charge in [-0.15, -0.1) is 11.8 Å². The summed E-state index contributed by atoms with van der Waals surface area (Å²) in [6, 6.07) is 35.5. The van der Waals surface area contributed by atoms with Crippen molar-refractivity contribution >= 4 is 40.6 Å². The second kappa shape index (κ2) is 10.9. The Kier molecular flexibility index (Phi) is 7.28. The zero-order valence-corrected chi connectivity index (χ0v) is 21.7. The van der Waals surface area contributed by atoms with Gasteiger partial charge in [-0.25, -0.2) is 0 Å². The summed E-state index contributed by atoms with van der Waals surface area (Å²) < 4.78 is 0. The summed E-state index contributed by atoms with van der Waals surface area (Å²) in [7, 11) is 3.99. The predicted octanol–water partition coefficient (Wildman–Crippen LogP) is 6.30. The van der Waals surface area contributed by atoms with Crippen LogP contribution in [0.2, 0.25) is 0 Å². The van der Waals surface area contributed by atoms with Crippen molar-refractivity contribution in [2.45, 2.75) is 11.3 Å². The number of hydrogen-bond acceptors (Lipinski definition) is 4. The van der Waals surface area contributed by atoms with Gasteiger partial charge in [0.05, 0.1) is 11.7 Å². The molecule has 5 rings (SSSR count). The summed E-state index contributed by atoms with van der Waals surface area (Å²) in [5.74, 6) is -0.0304. The fourth-order valence-corrected chi connectivity index (χ4v) is 5.80. The number of carbonyl (C=O) groups excluding carboxylic acids is 2. The van der Waals surface area contributed by atoms with E-state index in [0.717, 1.165) is 28.1 Å². The molecule has 0 saturated carbocycles. The molecular weight excluding hydrogens is 478 g/mol. The van der Waals surface area contributed by atoms with Crippen molar-refractivity contribution in [1.29, 1.82) is 0 Å². The summed E-state index contributed by atoms with van der Waals surface area (Å²) in [4.78, 5) is 30.3. The van der Waals surface area contributed by atoms with Crippen LogP contribution in [0.3, 0.4) is 0 Å². The number of carbonyl (C=O) groups is 2. The van der Waals surface area contributed by atoms with Crippen LogP contribution >= 0.6 is 11.8 Å². The number of benzene rings is 4. The van der Waals surface area contributed by atoms with Crippen LogP contribution in [0.1, 0.15) is 28.0 Å². The summed E-state index contributed by atoms with van der Waals surface area (Å²) in [5, 5.41) is 2.97. The number of hydrogen-bond donors (Lipinski definition) is 1. The molecule has 0 aliphatic carbocycles. The van der Waals surface area contributed by atoms with Gasteiger partial charge in [0.15, 0.2) is 0 Å². The number of amides is 2. The molecule has 1 aliphatic heterocycles. The van der Waals surface area contributed by atoms with E-state index in [2.05, 4.69) is 5.32 Å². The topological polar surface area (TPSA) is 52.6 Å². The maximum absolute atomic E-state index is 13.6. The molecule has 4 aromatic carbocycles. The predicted molar refractivity (Wildman–Crippen MR) is 153 cm³/mol. The molecule has 1 heterocycles.